The van der Waals surface area contributed by atoms with Gasteiger partial charge in [0.05, 0.1) is 0 Å². The first-order valence-corrected chi connectivity index (χ1v) is 11.2. The summed E-state index contributed by atoms with van der Waals surface area (Å²) >= 11 is 0. The van der Waals surface area contributed by atoms with Crippen molar-refractivity contribution in [2.24, 2.45) is 10.4 Å². The molecule has 6 nitrogen and oxygen atoms in total. The molecule has 0 unspecified atom stereocenters. The first-order valence-electron chi connectivity index (χ1n) is 11.2. The largest absolute Gasteiger partial charge is 0.357 e. The van der Waals surface area contributed by atoms with Crippen LogP contribution in [0.2, 0.25) is 0 Å². The summed E-state index contributed by atoms with van der Waals surface area (Å²) in [6.07, 6.45) is 14.7. The first-order chi connectivity index (χ1) is 13.3. The van der Waals surface area contributed by atoms with Crippen LogP contribution in [0, 0.1) is 5.41 Å². The van der Waals surface area contributed by atoms with Crippen molar-refractivity contribution in [3.8, 4) is 0 Å². The number of likely N-dealkylation sites (tertiary alicyclic amines) is 1. The number of aliphatic imine (C=N–C) groups is 1. The van der Waals surface area contributed by atoms with Crippen LogP contribution in [-0.2, 0) is 19.5 Å². The van der Waals surface area contributed by atoms with Crippen LogP contribution in [0.25, 0.3) is 0 Å². The van der Waals surface area contributed by atoms with E-state index in [9.17, 15) is 0 Å². The lowest BCUT2D eigenvalue weighted by atomic mass is 9.74. The molecule has 1 spiro atoms. The topological polar surface area (TPSA) is 58.3 Å². The zero-order valence-electron chi connectivity index (χ0n) is 17.5. The van der Waals surface area contributed by atoms with Gasteiger partial charge in [-0.2, -0.15) is 0 Å². The zero-order valence-corrected chi connectivity index (χ0v) is 19.8. The molecule has 4 rings (SSSR count). The average Bonchev–Trinajstić information content (AvgIpc) is 2.98. The number of piperidine rings is 1. The minimum atomic E-state index is 0. The number of fused-ring (bicyclic) bond motifs is 1. The normalized spacial score (nSPS) is 22.3. The Bertz CT molecular complexity index is 647. The number of hydrogen-bond donors (Lipinski definition) is 1. The van der Waals surface area contributed by atoms with Crippen molar-refractivity contribution in [3.05, 3.63) is 11.6 Å². The highest BCUT2D eigenvalue weighted by Crippen LogP contribution is 2.42. The van der Waals surface area contributed by atoms with Crippen molar-refractivity contribution < 1.29 is 0 Å². The number of aromatic nitrogens is 3. The molecule has 1 saturated heterocycles. The van der Waals surface area contributed by atoms with Gasteiger partial charge >= 0.3 is 0 Å². The molecule has 1 N–H and O–H groups in total. The molecule has 0 radical (unpaired) electrons. The molecule has 7 heteroatoms. The van der Waals surface area contributed by atoms with E-state index in [1.54, 1.807) is 0 Å². The molecular weight excluding hydrogens is 463 g/mol. The van der Waals surface area contributed by atoms with Crippen molar-refractivity contribution in [3.63, 3.8) is 0 Å². The number of guanidine groups is 1. The van der Waals surface area contributed by atoms with Crippen molar-refractivity contribution in [1.29, 1.82) is 0 Å². The fraction of sp³-hybridized carbons (Fsp3) is 0.857. The molecule has 158 valence electrons. The van der Waals surface area contributed by atoms with E-state index < -0.39 is 0 Å². The molecule has 1 aromatic heterocycles. The average molecular weight is 500 g/mol. The third-order valence-electron chi connectivity index (χ3n) is 6.77. The molecule has 2 aliphatic heterocycles. The van der Waals surface area contributed by atoms with Gasteiger partial charge < -0.3 is 14.8 Å². The molecule has 3 heterocycles. The van der Waals surface area contributed by atoms with Gasteiger partial charge in [-0.25, -0.2) is 4.99 Å². The lowest BCUT2D eigenvalue weighted by Gasteiger charge is -2.44. The molecule has 0 atom stereocenters. The van der Waals surface area contributed by atoms with E-state index in [0.717, 1.165) is 43.7 Å². The molecule has 1 saturated carbocycles. The summed E-state index contributed by atoms with van der Waals surface area (Å²) in [5.41, 5.74) is 0.527. The highest BCUT2D eigenvalue weighted by molar-refractivity contribution is 14.0. The van der Waals surface area contributed by atoms with Gasteiger partial charge in [-0.15, -0.1) is 34.2 Å². The molecule has 0 bridgehead atoms. The third kappa shape index (κ3) is 5.00. The van der Waals surface area contributed by atoms with Crippen LogP contribution in [-0.4, -0.2) is 45.3 Å². The summed E-state index contributed by atoms with van der Waals surface area (Å²) in [7, 11) is 0. The quantitative estimate of drug-likeness (QED) is 0.385. The van der Waals surface area contributed by atoms with Crippen LogP contribution < -0.4 is 5.32 Å². The van der Waals surface area contributed by atoms with Crippen molar-refractivity contribution in [2.45, 2.75) is 90.6 Å². The second kappa shape index (κ2) is 10.3. The summed E-state index contributed by atoms with van der Waals surface area (Å²) in [5.74, 6) is 3.25. The van der Waals surface area contributed by atoms with Gasteiger partial charge in [-0.05, 0) is 50.9 Å². The molecule has 28 heavy (non-hydrogen) atoms. The van der Waals surface area contributed by atoms with Gasteiger partial charge in [0.15, 0.2) is 11.8 Å². The number of nitrogens with zero attached hydrogens (tertiary/aromatic N) is 5. The maximum absolute atomic E-state index is 5.00. The first kappa shape index (κ1) is 21.8. The van der Waals surface area contributed by atoms with Crippen LogP contribution in [0.3, 0.4) is 0 Å². The van der Waals surface area contributed by atoms with Crippen LogP contribution >= 0.6 is 24.0 Å². The molecule has 1 aromatic rings. The van der Waals surface area contributed by atoms with Gasteiger partial charge in [-0.3, -0.25) is 0 Å². The van der Waals surface area contributed by atoms with E-state index >= 15 is 0 Å². The number of nitrogens with one attached hydrogen (secondary N) is 1. The zero-order chi connectivity index (χ0) is 18.5. The fourth-order valence-electron chi connectivity index (χ4n) is 5.33. The lowest BCUT2D eigenvalue weighted by Crippen LogP contribution is -2.50. The monoisotopic (exact) mass is 500 g/mol. The van der Waals surface area contributed by atoms with E-state index in [2.05, 4.69) is 31.9 Å². The SMILES string of the molecule is CCNC(=NCc1nnc2n1CCCC2)N1CCCC2(CCCCCC2)C1.I. The number of halogens is 1. The third-order valence-corrected chi connectivity index (χ3v) is 6.77. The fourth-order valence-corrected chi connectivity index (χ4v) is 5.33. The van der Waals surface area contributed by atoms with Gasteiger partial charge in [0, 0.05) is 32.6 Å². The Kier molecular flexibility index (Phi) is 8.00. The van der Waals surface area contributed by atoms with Crippen molar-refractivity contribution in [1.82, 2.24) is 25.0 Å². The second-order valence-corrected chi connectivity index (χ2v) is 8.75. The Hall–Kier alpha value is -0.860. The minimum Gasteiger partial charge on any atom is -0.357 e. The van der Waals surface area contributed by atoms with E-state index in [1.807, 2.05) is 0 Å². The molecule has 1 aliphatic carbocycles. The molecule has 2 fully saturated rings. The Morgan fingerprint density at radius 2 is 1.79 bits per heavy atom. The molecule has 0 amide bonds. The molecule has 0 aromatic carbocycles. The van der Waals surface area contributed by atoms with E-state index in [0.29, 0.717) is 12.0 Å². The van der Waals surface area contributed by atoms with Crippen LogP contribution in [0.1, 0.15) is 82.8 Å². The van der Waals surface area contributed by atoms with Crippen LogP contribution in [0.4, 0.5) is 0 Å². The Labute approximate surface area is 187 Å². The van der Waals surface area contributed by atoms with Crippen LogP contribution in [0.15, 0.2) is 4.99 Å². The predicted molar refractivity (Wildman–Crippen MR) is 124 cm³/mol. The smallest absolute Gasteiger partial charge is 0.194 e. The Morgan fingerprint density at radius 3 is 2.57 bits per heavy atom. The molecular formula is C21H37IN6. The predicted octanol–water partition coefficient (Wildman–Crippen LogP) is 4.13. The van der Waals surface area contributed by atoms with Gasteiger partial charge in [0.2, 0.25) is 0 Å². The standard InChI is InChI=1S/C21H36N6.HI/c1-2-22-20(23-16-19-25-24-18-10-5-8-15-27(18)19)26-14-9-13-21(17-26)11-6-3-4-7-12-21;/h2-17H2,1H3,(H,22,23);1H. The highest BCUT2D eigenvalue weighted by atomic mass is 127. The van der Waals surface area contributed by atoms with Crippen LogP contribution in [0.5, 0.6) is 0 Å². The molecule has 3 aliphatic rings. The minimum absolute atomic E-state index is 0. The summed E-state index contributed by atoms with van der Waals surface area (Å²) in [5, 5.41) is 12.4. The maximum Gasteiger partial charge on any atom is 0.194 e. The second-order valence-electron chi connectivity index (χ2n) is 8.75. The number of rotatable bonds is 3. The number of hydrogen-bond acceptors (Lipinski definition) is 3. The maximum atomic E-state index is 5.00. The Morgan fingerprint density at radius 1 is 1.00 bits per heavy atom. The van der Waals surface area contributed by atoms with Gasteiger partial charge in [-0.1, -0.05) is 25.7 Å². The summed E-state index contributed by atoms with van der Waals surface area (Å²) < 4.78 is 2.29. The van der Waals surface area contributed by atoms with E-state index in [4.69, 9.17) is 4.99 Å². The van der Waals surface area contributed by atoms with Crippen molar-refractivity contribution in [2.75, 3.05) is 19.6 Å². The summed E-state index contributed by atoms with van der Waals surface area (Å²) in [6, 6.07) is 0. The highest BCUT2D eigenvalue weighted by Gasteiger charge is 2.36. The Balaban J connectivity index is 0.00000225. The summed E-state index contributed by atoms with van der Waals surface area (Å²) in [6.45, 7) is 7.08. The lowest BCUT2D eigenvalue weighted by molar-refractivity contribution is 0.115. The van der Waals surface area contributed by atoms with E-state index in [1.165, 1.54) is 70.8 Å². The number of aryl methyl sites for hydroxylation is 1. The summed E-state index contributed by atoms with van der Waals surface area (Å²) in [4.78, 5) is 7.53. The van der Waals surface area contributed by atoms with E-state index in [-0.39, 0.29) is 24.0 Å². The van der Waals surface area contributed by atoms with Gasteiger partial charge in [0.1, 0.15) is 12.4 Å². The van der Waals surface area contributed by atoms with Gasteiger partial charge in [0.25, 0.3) is 0 Å². The van der Waals surface area contributed by atoms with Crippen molar-refractivity contribution >= 4 is 29.9 Å².